The molecular formula is C10H10BrN3O3S. The van der Waals surface area contributed by atoms with E-state index in [9.17, 15) is 8.42 Å². The van der Waals surface area contributed by atoms with Gasteiger partial charge in [0.05, 0.1) is 18.5 Å². The molecule has 0 aliphatic heterocycles. The maximum Gasteiger partial charge on any atom is 0.263 e. The van der Waals surface area contributed by atoms with Crippen LogP contribution in [0.25, 0.3) is 0 Å². The van der Waals surface area contributed by atoms with Crippen molar-refractivity contribution in [2.24, 2.45) is 0 Å². The predicted octanol–water partition coefficient (Wildman–Crippen LogP) is 1.47. The molecule has 0 aliphatic carbocycles. The SMILES string of the molecule is O=S(=O)(Nc1cn[nH]c1)c1ccc(CO)cc1Br. The highest BCUT2D eigenvalue weighted by atomic mass is 79.9. The highest BCUT2D eigenvalue weighted by molar-refractivity contribution is 9.10. The number of aromatic nitrogens is 2. The average Bonchev–Trinajstić information content (AvgIpc) is 2.80. The number of aliphatic hydroxyl groups excluding tert-OH is 1. The molecular weight excluding hydrogens is 322 g/mol. The van der Waals surface area contributed by atoms with Crippen molar-refractivity contribution in [1.29, 1.82) is 0 Å². The van der Waals surface area contributed by atoms with E-state index < -0.39 is 10.0 Å². The molecule has 1 aromatic carbocycles. The fourth-order valence-electron chi connectivity index (χ4n) is 1.38. The van der Waals surface area contributed by atoms with Crippen molar-refractivity contribution in [3.8, 4) is 0 Å². The first-order valence-electron chi connectivity index (χ1n) is 4.94. The zero-order valence-electron chi connectivity index (χ0n) is 9.09. The Kier molecular flexibility index (Phi) is 3.69. The van der Waals surface area contributed by atoms with Crippen LogP contribution in [0.1, 0.15) is 5.56 Å². The standard InChI is InChI=1S/C10H10BrN3O3S/c11-9-3-7(6-15)1-2-10(9)18(16,17)14-8-4-12-13-5-8/h1-5,14-15H,6H2,(H,12,13). The van der Waals surface area contributed by atoms with Gasteiger partial charge in [-0.1, -0.05) is 6.07 Å². The summed E-state index contributed by atoms with van der Waals surface area (Å²) in [5.74, 6) is 0. The van der Waals surface area contributed by atoms with Gasteiger partial charge in [-0.2, -0.15) is 5.10 Å². The molecule has 0 amide bonds. The summed E-state index contributed by atoms with van der Waals surface area (Å²) in [5, 5.41) is 15.1. The smallest absolute Gasteiger partial charge is 0.263 e. The van der Waals surface area contributed by atoms with Crippen LogP contribution in [0.4, 0.5) is 5.69 Å². The second-order valence-electron chi connectivity index (χ2n) is 3.52. The predicted molar refractivity (Wildman–Crippen MR) is 69.5 cm³/mol. The molecule has 8 heteroatoms. The molecule has 0 atom stereocenters. The summed E-state index contributed by atoms with van der Waals surface area (Å²) in [4.78, 5) is 0.0981. The molecule has 0 spiro atoms. The summed E-state index contributed by atoms with van der Waals surface area (Å²) in [6.07, 6.45) is 2.81. The molecule has 0 aliphatic rings. The summed E-state index contributed by atoms with van der Waals surface area (Å²) < 4.78 is 26.9. The lowest BCUT2D eigenvalue weighted by molar-refractivity contribution is 0.281. The summed E-state index contributed by atoms with van der Waals surface area (Å²) in [7, 11) is -3.68. The number of rotatable bonds is 4. The van der Waals surface area contributed by atoms with Gasteiger partial charge in [-0.3, -0.25) is 9.82 Å². The Balaban J connectivity index is 2.35. The lowest BCUT2D eigenvalue weighted by atomic mass is 10.2. The van der Waals surface area contributed by atoms with Gasteiger partial charge >= 0.3 is 0 Å². The average molecular weight is 332 g/mol. The van der Waals surface area contributed by atoms with Crippen LogP contribution in [0, 0.1) is 0 Å². The van der Waals surface area contributed by atoms with Crippen LogP contribution in [0.3, 0.4) is 0 Å². The number of halogens is 1. The van der Waals surface area contributed by atoms with Gasteiger partial charge < -0.3 is 5.11 Å². The number of nitrogens with zero attached hydrogens (tertiary/aromatic N) is 1. The number of anilines is 1. The van der Waals surface area contributed by atoms with Crippen molar-refractivity contribution < 1.29 is 13.5 Å². The highest BCUT2D eigenvalue weighted by Gasteiger charge is 2.18. The van der Waals surface area contributed by atoms with E-state index in [1.807, 2.05) is 0 Å². The highest BCUT2D eigenvalue weighted by Crippen LogP contribution is 2.25. The first-order valence-corrected chi connectivity index (χ1v) is 7.21. The quantitative estimate of drug-likeness (QED) is 0.790. The third-order valence-electron chi connectivity index (χ3n) is 2.22. The minimum absolute atomic E-state index is 0.0981. The largest absolute Gasteiger partial charge is 0.392 e. The van der Waals surface area contributed by atoms with Crippen molar-refractivity contribution in [3.05, 3.63) is 40.6 Å². The van der Waals surface area contributed by atoms with Gasteiger partial charge in [-0.25, -0.2) is 8.42 Å². The van der Waals surface area contributed by atoms with Crippen LogP contribution in [0.2, 0.25) is 0 Å². The Morgan fingerprint density at radius 3 is 2.78 bits per heavy atom. The Morgan fingerprint density at radius 2 is 2.22 bits per heavy atom. The van der Waals surface area contributed by atoms with Crippen LogP contribution in [-0.4, -0.2) is 23.7 Å². The van der Waals surface area contributed by atoms with Gasteiger partial charge in [0.15, 0.2) is 0 Å². The number of hydrogen-bond donors (Lipinski definition) is 3. The van der Waals surface area contributed by atoms with Gasteiger partial charge in [-0.15, -0.1) is 0 Å². The number of H-pyrrole nitrogens is 1. The molecule has 0 unspecified atom stereocenters. The second kappa shape index (κ2) is 5.09. The number of aliphatic hydroxyl groups is 1. The van der Waals surface area contributed by atoms with E-state index in [-0.39, 0.29) is 11.5 Å². The van der Waals surface area contributed by atoms with E-state index in [1.165, 1.54) is 18.5 Å². The topological polar surface area (TPSA) is 95.1 Å². The zero-order valence-corrected chi connectivity index (χ0v) is 11.5. The third kappa shape index (κ3) is 2.71. The number of nitrogens with one attached hydrogen (secondary N) is 2. The van der Waals surface area contributed by atoms with Crippen LogP contribution >= 0.6 is 15.9 Å². The minimum Gasteiger partial charge on any atom is -0.392 e. The molecule has 0 saturated heterocycles. The summed E-state index contributed by atoms with van der Waals surface area (Å²) in [5.41, 5.74) is 0.984. The molecule has 1 aromatic heterocycles. The van der Waals surface area contributed by atoms with E-state index in [4.69, 9.17) is 5.11 Å². The molecule has 6 nitrogen and oxygen atoms in total. The molecule has 96 valence electrons. The Hall–Kier alpha value is -1.38. The molecule has 0 radical (unpaired) electrons. The summed E-state index contributed by atoms with van der Waals surface area (Å²) in [6, 6.07) is 4.54. The van der Waals surface area contributed by atoms with Crippen LogP contribution < -0.4 is 4.72 Å². The fourth-order valence-corrected chi connectivity index (χ4v) is 3.54. The third-order valence-corrected chi connectivity index (χ3v) is 4.58. The first-order chi connectivity index (χ1) is 8.53. The summed E-state index contributed by atoms with van der Waals surface area (Å²) >= 11 is 3.17. The molecule has 2 aromatic rings. The molecule has 3 N–H and O–H groups in total. The number of benzene rings is 1. The van der Waals surface area contributed by atoms with Crippen molar-refractivity contribution in [2.75, 3.05) is 4.72 Å². The first kappa shape index (κ1) is 13.1. The monoisotopic (exact) mass is 331 g/mol. The van der Waals surface area contributed by atoms with Crippen LogP contribution in [-0.2, 0) is 16.6 Å². The van der Waals surface area contributed by atoms with Crippen LogP contribution in [0.15, 0.2) is 40.0 Å². The molecule has 18 heavy (non-hydrogen) atoms. The number of aromatic amines is 1. The number of sulfonamides is 1. The van der Waals surface area contributed by atoms with E-state index in [2.05, 4.69) is 30.8 Å². The molecule has 0 saturated carbocycles. The molecule has 2 rings (SSSR count). The van der Waals surface area contributed by atoms with Gasteiger partial charge in [0, 0.05) is 10.7 Å². The van der Waals surface area contributed by atoms with E-state index in [1.54, 1.807) is 12.1 Å². The Labute approximate surface area is 112 Å². The minimum atomic E-state index is -3.68. The van der Waals surface area contributed by atoms with Crippen molar-refractivity contribution in [1.82, 2.24) is 10.2 Å². The summed E-state index contributed by atoms with van der Waals surface area (Å²) in [6.45, 7) is -0.145. The van der Waals surface area contributed by atoms with Gasteiger partial charge in [0.2, 0.25) is 0 Å². The van der Waals surface area contributed by atoms with Crippen molar-refractivity contribution in [3.63, 3.8) is 0 Å². The van der Waals surface area contributed by atoms with E-state index in [0.717, 1.165) is 0 Å². The van der Waals surface area contributed by atoms with Gasteiger partial charge in [0.25, 0.3) is 10.0 Å². The molecule has 0 fully saturated rings. The van der Waals surface area contributed by atoms with Crippen molar-refractivity contribution in [2.45, 2.75) is 11.5 Å². The van der Waals surface area contributed by atoms with Gasteiger partial charge in [-0.05, 0) is 33.6 Å². The Bertz CT molecular complexity index is 640. The van der Waals surface area contributed by atoms with Gasteiger partial charge in [0.1, 0.15) is 4.90 Å². The molecule has 0 bridgehead atoms. The maximum absolute atomic E-state index is 12.1. The van der Waals surface area contributed by atoms with Crippen molar-refractivity contribution >= 4 is 31.6 Å². The normalized spacial score (nSPS) is 11.4. The zero-order chi connectivity index (χ0) is 13.2. The van der Waals surface area contributed by atoms with E-state index >= 15 is 0 Å². The maximum atomic E-state index is 12.1. The number of hydrogen-bond acceptors (Lipinski definition) is 4. The lowest BCUT2D eigenvalue weighted by Crippen LogP contribution is -2.13. The lowest BCUT2D eigenvalue weighted by Gasteiger charge is -2.08. The molecule has 1 heterocycles. The second-order valence-corrected chi connectivity index (χ2v) is 6.02. The fraction of sp³-hybridized carbons (Fsp3) is 0.100. The Morgan fingerprint density at radius 1 is 1.44 bits per heavy atom. The van der Waals surface area contributed by atoms with E-state index in [0.29, 0.717) is 15.7 Å². The van der Waals surface area contributed by atoms with Crippen LogP contribution in [0.5, 0.6) is 0 Å².